The predicted molar refractivity (Wildman–Crippen MR) is 103 cm³/mol. The van der Waals surface area contributed by atoms with Gasteiger partial charge >= 0.3 is 0 Å². The van der Waals surface area contributed by atoms with Crippen molar-refractivity contribution < 1.29 is 9.00 Å². The van der Waals surface area contributed by atoms with Crippen LogP contribution in [-0.4, -0.2) is 37.8 Å². The summed E-state index contributed by atoms with van der Waals surface area (Å²) in [6.07, 6.45) is 3.54. The van der Waals surface area contributed by atoms with E-state index >= 15 is 0 Å². The number of hydrogen-bond acceptors (Lipinski definition) is 3. The largest absolute Gasteiger partial charge is 0.340 e. The van der Waals surface area contributed by atoms with Crippen molar-refractivity contribution in [3.63, 3.8) is 0 Å². The molecule has 5 nitrogen and oxygen atoms in total. The highest BCUT2D eigenvalue weighted by Gasteiger charge is 2.32. The first-order chi connectivity index (χ1) is 12.6. The highest BCUT2D eigenvalue weighted by atomic mass is 32.2. The Balaban J connectivity index is 1.61. The highest BCUT2D eigenvalue weighted by Crippen LogP contribution is 2.32. The lowest BCUT2D eigenvalue weighted by atomic mass is 10.1. The second-order valence-electron chi connectivity index (χ2n) is 6.71. The Hall–Kier alpha value is -2.47. The SMILES string of the molecule is CS(=O)Cc1cccc(C(=O)N2CCCC2c2nc3ccccc3[nH]2)c1. The zero-order chi connectivity index (χ0) is 18.1. The van der Waals surface area contributed by atoms with E-state index in [2.05, 4.69) is 9.97 Å². The molecule has 2 unspecified atom stereocenters. The number of rotatable bonds is 4. The maximum absolute atomic E-state index is 13.1. The topological polar surface area (TPSA) is 66.1 Å². The minimum atomic E-state index is -0.926. The maximum atomic E-state index is 13.1. The minimum Gasteiger partial charge on any atom is -0.340 e. The van der Waals surface area contributed by atoms with E-state index < -0.39 is 10.8 Å². The number of carbonyl (C=O) groups is 1. The normalized spacial score (nSPS) is 18.3. The fraction of sp³-hybridized carbons (Fsp3) is 0.300. The molecule has 1 fully saturated rings. The standard InChI is InChI=1S/C20H21N3O2S/c1-26(25)13-14-6-4-7-15(12-14)20(24)23-11-5-10-18(23)19-21-16-8-2-3-9-17(16)22-19/h2-4,6-9,12,18H,5,10-11,13H2,1H3,(H,21,22). The third-order valence-corrected chi connectivity index (χ3v) is 5.52. The van der Waals surface area contributed by atoms with Crippen LogP contribution in [-0.2, 0) is 16.6 Å². The van der Waals surface area contributed by atoms with Gasteiger partial charge in [0.05, 0.1) is 17.1 Å². The van der Waals surface area contributed by atoms with Crippen LogP contribution in [0.2, 0.25) is 0 Å². The van der Waals surface area contributed by atoms with E-state index in [4.69, 9.17) is 0 Å². The molecule has 26 heavy (non-hydrogen) atoms. The summed E-state index contributed by atoms with van der Waals surface area (Å²) in [6.45, 7) is 0.727. The molecule has 0 spiro atoms. The van der Waals surface area contributed by atoms with Gasteiger partial charge in [-0.2, -0.15) is 0 Å². The summed E-state index contributed by atoms with van der Waals surface area (Å²) in [6, 6.07) is 15.4. The summed E-state index contributed by atoms with van der Waals surface area (Å²) < 4.78 is 11.5. The van der Waals surface area contributed by atoms with Gasteiger partial charge in [0.25, 0.3) is 5.91 Å². The molecule has 1 amide bonds. The quantitative estimate of drug-likeness (QED) is 0.768. The number of hydrogen-bond donors (Lipinski definition) is 1. The number of nitrogens with zero attached hydrogens (tertiary/aromatic N) is 2. The van der Waals surface area contributed by atoms with Gasteiger partial charge in [0.2, 0.25) is 0 Å². The lowest BCUT2D eigenvalue weighted by molar-refractivity contribution is 0.0730. The number of likely N-dealkylation sites (tertiary alicyclic amines) is 1. The Kier molecular flexibility index (Phi) is 4.59. The molecule has 6 heteroatoms. The van der Waals surface area contributed by atoms with Gasteiger partial charge in [-0.25, -0.2) is 4.98 Å². The second kappa shape index (κ2) is 7.03. The summed E-state index contributed by atoms with van der Waals surface area (Å²) in [5.41, 5.74) is 3.50. The zero-order valence-corrected chi connectivity index (χ0v) is 15.5. The lowest BCUT2D eigenvalue weighted by Gasteiger charge is -2.23. The van der Waals surface area contributed by atoms with Crippen molar-refractivity contribution in [3.8, 4) is 0 Å². The van der Waals surface area contributed by atoms with E-state index in [9.17, 15) is 9.00 Å². The average molecular weight is 367 g/mol. The number of fused-ring (bicyclic) bond motifs is 1. The molecular weight excluding hydrogens is 346 g/mol. The van der Waals surface area contributed by atoms with Crippen LogP contribution in [0.1, 0.15) is 40.6 Å². The number of H-pyrrole nitrogens is 1. The molecule has 4 rings (SSSR count). The third kappa shape index (κ3) is 3.29. The Morgan fingerprint density at radius 1 is 1.27 bits per heavy atom. The van der Waals surface area contributed by atoms with Gasteiger partial charge in [-0.05, 0) is 42.7 Å². The molecule has 1 N–H and O–H groups in total. The smallest absolute Gasteiger partial charge is 0.254 e. The van der Waals surface area contributed by atoms with Crippen LogP contribution in [0.5, 0.6) is 0 Å². The van der Waals surface area contributed by atoms with Crippen LogP contribution >= 0.6 is 0 Å². The van der Waals surface area contributed by atoms with Gasteiger partial charge < -0.3 is 9.88 Å². The van der Waals surface area contributed by atoms with Crippen LogP contribution in [0.4, 0.5) is 0 Å². The summed E-state index contributed by atoms with van der Waals surface area (Å²) in [5, 5.41) is 0. The molecule has 0 bridgehead atoms. The first kappa shape index (κ1) is 17.0. The van der Waals surface area contributed by atoms with E-state index in [0.717, 1.165) is 41.8 Å². The third-order valence-electron chi connectivity index (χ3n) is 4.78. The van der Waals surface area contributed by atoms with Gasteiger partial charge in [-0.1, -0.05) is 24.3 Å². The van der Waals surface area contributed by atoms with Gasteiger partial charge in [0, 0.05) is 34.9 Å². The lowest BCUT2D eigenvalue weighted by Crippen LogP contribution is -2.31. The molecule has 2 atom stereocenters. The van der Waals surface area contributed by atoms with E-state index in [1.54, 1.807) is 6.26 Å². The monoisotopic (exact) mass is 367 g/mol. The first-order valence-electron chi connectivity index (χ1n) is 8.76. The molecule has 2 heterocycles. The maximum Gasteiger partial charge on any atom is 0.254 e. The van der Waals surface area contributed by atoms with Gasteiger partial charge in [-0.3, -0.25) is 9.00 Å². The van der Waals surface area contributed by atoms with Crippen molar-refractivity contribution in [3.05, 3.63) is 65.5 Å². The fourth-order valence-corrected chi connectivity index (χ4v) is 4.27. The van der Waals surface area contributed by atoms with Crippen molar-refractivity contribution in [2.24, 2.45) is 0 Å². The number of para-hydroxylation sites is 2. The number of imidazole rings is 1. The molecule has 1 aliphatic heterocycles. The molecule has 0 radical (unpaired) electrons. The number of carbonyl (C=O) groups excluding carboxylic acids is 1. The van der Waals surface area contributed by atoms with Crippen molar-refractivity contribution in [2.75, 3.05) is 12.8 Å². The van der Waals surface area contributed by atoms with E-state index in [1.807, 2.05) is 53.4 Å². The van der Waals surface area contributed by atoms with Crippen LogP contribution < -0.4 is 0 Å². The fourth-order valence-electron chi connectivity index (χ4n) is 3.62. The summed E-state index contributed by atoms with van der Waals surface area (Å²) in [4.78, 5) is 23.0. The number of aromatic amines is 1. The Bertz CT molecular complexity index is 949. The predicted octanol–water partition coefficient (Wildman–Crippen LogP) is 3.42. The number of aromatic nitrogens is 2. The number of benzene rings is 2. The molecular formula is C20H21N3O2S. The van der Waals surface area contributed by atoms with E-state index in [-0.39, 0.29) is 11.9 Å². The Morgan fingerprint density at radius 3 is 2.92 bits per heavy atom. The molecule has 1 aliphatic rings. The van der Waals surface area contributed by atoms with Crippen LogP contribution in [0.25, 0.3) is 11.0 Å². The van der Waals surface area contributed by atoms with Gasteiger partial charge in [0.1, 0.15) is 5.82 Å². The van der Waals surface area contributed by atoms with Gasteiger partial charge in [-0.15, -0.1) is 0 Å². The highest BCUT2D eigenvalue weighted by molar-refractivity contribution is 7.83. The second-order valence-corrected chi connectivity index (χ2v) is 8.15. The van der Waals surface area contributed by atoms with Crippen LogP contribution in [0, 0.1) is 0 Å². The summed E-state index contributed by atoms with van der Waals surface area (Å²) in [5.74, 6) is 1.33. The summed E-state index contributed by atoms with van der Waals surface area (Å²) in [7, 11) is -0.926. The molecule has 0 saturated carbocycles. The molecule has 3 aromatic rings. The van der Waals surface area contributed by atoms with Crippen molar-refractivity contribution in [1.29, 1.82) is 0 Å². The summed E-state index contributed by atoms with van der Waals surface area (Å²) >= 11 is 0. The van der Waals surface area contributed by atoms with Crippen molar-refractivity contribution in [1.82, 2.24) is 14.9 Å². The van der Waals surface area contributed by atoms with Crippen LogP contribution in [0.15, 0.2) is 48.5 Å². The van der Waals surface area contributed by atoms with Crippen molar-refractivity contribution >= 4 is 27.7 Å². The molecule has 1 aromatic heterocycles. The first-order valence-corrected chi connectivity index (χ1v) is 10.5. The molecule has 134 valence electrons. The Morgan fingerprint density at radius 2 is 2.12 bits per heavy atom. The van der Waals surface area contributed by atoms with Gasteiger partial charge in [0.15, 0.2) is 0 Å². The minimum absolute atomic E-state index is 0.0108. The molecule has 0 aliphatic carbocycles. The van der Waals surface area contributed by atoms with E-state index in [1.165, 1.54) is 0 Å². The average Bonchev–Trinajstić information content (AvgIpc) is 3.27. The number of amides is 1. The van der Waals surface area contributed by atoms with Crippen molar-refractivity contribution in [2.45, 2.75) is 24.6 Å². The van der Waals surface area contributed by atoms with Crippen LogP contribution in [0.3, 0.4) is 0 Å². The molecule has 1 saturated heterocycles. The van der Waals surface area contributed by atoms with E-state index in [0.29, 0.717) is 11.3 Å². The zero-order valence-electron chi connectivity index (χ0n) is 14.6. The molecule has 2 aromatic carbocycles. The Labute approximate surface area is 154 Å². The number of nitrogens with one attached hydrogen (secondary N) is 1.